The molecule has 0 aliphatic rings. The van der Waals surface area contributed by atoms with E-state index in [9.17, 15) is 5.11 Å². The first-order valence-corrected chi connectivity index (χ1v) is 5.64. The van der Waals surface area contributed by atoms with E-state index in [1.807, 2.05) is 36.9 Å². The van der Waals surface area contributed by atoms with Crippen molar-refractivity contribution in [2.75, 3.05) is 5.75 Å². The van der Waals surface area contributed by atoms with Gasteiger partial charge in [-0.2, -0.15) is 0 Å². The Morgan fingerprint density at radius 2 is 2.08 bits per heavy atom. The van der Waals surface area contributed by atoms with Crippen LogP contribution in [-0.2, 0) is 0 Å². The summed E-state index contributed by atoms with van der Waals surface area (Å²) in [5.74, 6) is 1.11. The van der Waals surface area contributed by atoms with Crippen molar-refractivity contribution in [2.45, 2.75) is 31.3 Å². The van der Waals surface area contributed by atoms with Crippen LogP contribution in [0.3, 0.4) is 0 Å². The maximum Gasteiger partial charge on any atom is 0.0772 e. The molecule has 0 fully saturated rings. The van der Waals surface area contributed by atoms with Gasteiger partial charge in [-0.1, -0.05) is 25.1 Å². The molecule has 1 aromatic carbocycles. The minimum Gasteiger partial charge on any atom is -0.389 e. The van der Waals surface area contributed by atoms with Crippen LogP contribution in [0.4, 0.5) is 0 Å². The molecule has 1 N–H and O–H groups in total. The number of hydrogen-bond donors (Lipinski definition) is 1. The van der Waals surface area contributed by atoms with Crippen LogP contribution in [0.1, 0.15) is 31.9 Å². The molecular weight excluding hydrogens is 180 g/mol. The standard InChI is InChI=1S/C11H16OS/c1-3-8-13-11-7-5-4-6-10(11)9(2)12/h4-7,9,12H,3,8H2,1-2H3/t9-/m0/s1. The lowest BCUT2D eigenvalue weighted by Gasteiger charge is -2.10. The van der Waals surface area contributed by atoms with Gasteiger partial charge in [0, 0.05) is 4.90 Å². The molecule has 0 amide bonds. The fraction of sp³-hybridized carbons (Fsp3) is 0.455. The zero-order valence-corrected chi connectivity index (χ0v) is 8.97. The molecule has 0 bridgehead atoms. The minimum absolute atomic E-state index is 0.361. The Morgan fingerprint density at radius 3 is 2.69 bits per heavy atom. The van der Waals surface area contributed by atoms with Gasteiger partial charge in [0.05, 0.1) is 6.10 Å². The van der Waals surface area contributed by atoms with Gasteiger partial charge >= 0.3 is 0 Å². The van der Waals surface area contributed by atoms with Gasteiger partial charge in [0.1, 0.15) is 0 Å². The second-order valence-electron chi connectivity index (χ2n) is 3.06. The van der Waals surface area contributed by atoms with Crippen LogP contribution in [0.25, 0.3) is 0 Å². The predicted octanol–water partition coefficient (Wildman–Crippen LogP) is 3.24. The number of aliphatic hydroxyl groups is 1. The zero-order valence-electron chi connectivity index (χ0n) is 8.16. The number of aliphatic hydroxyl groups excluding tert-OH is 1. The summed E-state index contributed by atoms with van der Waals surface area (Å²) in [5, 5.41) is 9.49. The topological polar surface area (TPSA) is 20.2 Å². The number of benzene rings is 1. The van der Waals surface area contributed by atoms with Gasteiger partial charge < -0.3 is 5.11 Å². The van der Waals surface area contributed by atoms with E-state index in [1.54, 1.807) is 0 Å². The first-order valence-electron chi connectivity index (χ1n) is 4.65. The molecule has 0 heterocycles. The summed E-state index contributed by atoms with van der Waals surface area (Å²) >= 11 is 1.82. The Balaban J connectivity index is 2.78. The summed E-state index contributed by atoms with van der Waals surface area (Å²) in [6.07, 6.45) is 0.805. The molecule has 0 aliphatic heterocycles. The van der Waals surface area contributed by atoms with Crippen molar-refractivity contribution >= 4 is 11.8 Å². The Kier molecular flexibility index (Phi) is 4.33. The summed E-state index contributed by atoms with van der Waals surface area (Å²) in [5.41, 5.74) is 1.04. The highest BCUT2D eigenvalue weighted by Gasteiger charge is 2.06. The number of thioether (sulfide) groups is 1. The second kappa shape index (κ2) is 5.30. The van der Waals surface area contributed by atoms with Gasteiger partial charge in [-0.15, -0.1) is 11.8 Å². The first-order chi connectivity index (χ1) is 6.25. The molecule has 1 rings (SSSR count). The molecular formula is C11H16OS. The first kappa shape index (κ1) is 10.6. The minimum atomic E-state index is -0.361. The molecule has 0 unspecified atom stereocenters. The Bertz CT molecular complexity index is 258. The quantitative estimate of drug-likeness (QED) is 0.746. The van der Waals surface area contributed by atoms with Crippen molar-refractivity contribution in [1.29, 1.82) is 0 Å². The Hall–Kier alpha value is -0.470. The highest BCUT2D eigenvalue weighted by atomic mass is 32.2. The van der Waals surface area contributed by atoms with E-state index < -0.39 is 0 Å². The fourth-order valence-corrected chi connectivity index (χ4v) is 2.17. The van der Waals surface area contributed by atoms with Gasteiger partial charge in [-0.05, 0) is 30.7 Å². The van der Waals surface area contributed by atoms with Gasteiger partial charge in [-0.3, -0.25) is 0 Å². The largest absolute Gasteiger partial charge is 0.389 e. The molecule has 13 heavy (non-hydrogen) atoms. The smallest absolute Gasteiger partial charge is 0.0772 e. The van der Waals surface area contributed by atoms with E-state index in [-0.39, 0.29) is 6.10 Å². The molecule has 1 aromatic rings. The van der Waals surface area contributed by atoms with Gasteiger partial charge in [0.25, 0.3) is 0 Å². The molecule has 1 nitrogen and oxygen atoms in total. The van der Waals surface area contributed by atoms with E-state index in [2.05, 4.69) is 13.0 Å². The van der Waals surface area contributed by atoms with E-state index in [1.165, 1.54) is 11.3 Å². The SMILES string of the molecule is CCCSc1ccccc1[C@H](C)O. The Morgan fingerprint density at radius 1 is 1.38 bits per heavy atom. The normalized spacial score (nSPS) is 12.8. The van der Waals surface area contributed by atoms with Crippen LogP contribution in [-0.4, -0.2) is 10.9 Å². The second-order valence-corrected chi connectivity index (χ2v) is 4.20. The van der Waals surface area contributed by atoms with E-state index in [0.29, 0.717) is 0 Å². The number of rotatable bonds is 4. The lowest BCUT2D eigenvalue weighted by molar-refractivity contribution is 0.196. The summed E-state index contributed by atoms with van der Waals surface area (Å²) in [6.45, 7) is 3.98. The van der Waals surface area contributed by atoms with Gasteiger partial charge in [0.15, 0.2) is 0 Å². The third-order valence-corrected chi connectivity index (χ3v) is 3.13. The monoisotopic (exact) mass is 196 g/mol. The van der Waals surface area contributed by atoms with Gasteiger partial charge in [-0.25, -0.2) is 0 Å². The highest BCUT2D eigenvalue weighted by Crippen LogP contribution is 2.27. The summed E-state index contributed by atoms with van der Waals surface area (Å²) in [7, 11) is 0. The van der Waals surface area contributed by atoms with Crippen molar-refractivity contribution in [3.05, 3.63) is 29.8 Å². The van der Waals surface area contributed by atoms with E-state index in [0.717, 1.165) is 11.3 Å². The fourth-order valence-electron chi connectivity index (χ4n) is 1.17. The van der Waals surface area contributed by atoms with Crippen molar-refractivity contribution < 1.29 is 5.11 Å². The molecule has 1 atom stereocenters. The third-order valence-electron chi connectivity index (χ3n) is 1.83. The third kappa shape index (κ3) is 3.05. The van der Waals surface area contributed by atoms with Gasteiger partial charge in [0.2, 0.25) is 0 Å². The summed E-state index contributed by atoms with van der Waals surface area (Å²) in [4.78, 5) is 1.21. The van der Waals surface area contributed by atoms with Crippen LogP contribution >= 0.6 is 11.8 Å². The maximum atomic E-state index is 9.49. The molecule has 0 spiro atoms. The lowest BCUT2D eigenvalue weighted by atomic mass is 10.1. The molecule has 0 aromatic heterocycles. The van der Waals surface area contributed by atoms with Crippen molar-refractivity contribution in [3.8, 4) is 0 Å². The van der Waals surface area contributed by atoms with Crippen LogP contribution in [0.15, 0.2) is 29.2 Å². The van der Waals surface area contributed by atoms with Crippen LogP contribution in [0.2, 0.25) is 0 Å². The Labute approximate surface area is 84.2 Å². The van der Waals surface area contributed by atoms with Crippen LogP contribution in [0, 0.1) is 0 Å². The van der Waals surface area contributed by atoms with Crippen LogP contribution < -0.4 is 0 Å². The maximum absolute atomic E-state index is 9.49. The average molecular weight is 196 g/mol. The van der Waals surface area contributed by atoms with E-state index in [4.69, 9.17) is 0 Å². The molecule has 72 valence electrons. The summed E-state index contributed by atoms with van der Waals surface area (Å²) < 4.78 is 0. The average Bonchev–Trinajstić information content (AvgIpc) is 2.15. The van der Waals surface area contributed by atoms with E-state index >= 15 is 0 Å². The van der Waals surface area contributed by atoms with Crippen molar-refractivity contribution in [1.82, 2.24) is 0 Å². The lowest BCUT2D eigenvalue weighted by Crippen LogP contribution is -1.93. The number of hydrogen-bond acceptors (Lipinski definition) is 2. The highest BCUT2D eigenvalue weighted by molar-refractivity contribution is 7.99. The molecule has 0 saturated carbocycles. The molecule has 2 heteroatoms. The molecule has 0 saturated heterocycles. The summed E-state index contributed by atoms with van der Waals surface area (Å²) in [6, 6.07) is 8.05. The zero-order chi connectivity index (χ0) is 9.68. The van der Waals surface area contributed by atoms with Crippen molar-refractivity contribution in [2.24, 2.45) is 0 Å². The van der Waals surface area contributed by atoms with Crippen LogP contribution in [0.5, 0.6) is 0 Å². The molecule has 0 radical (unpaired) electrons. The predicted molar refractivity (Wildman–Crippen MR) is 58.1 cm³/mol. The molecule has 0 aliphatic carbocycles. The van der Waals surface area contributed by atoms with Crippen molar-refractivity contribution in [3.63, 3.8) is 0 Å².